The number of aliphatic hydroxyl groups excluding tert-OH is 1. The van der Waals surface area contributed by atoms with E-state index in [-0.39, 0.29) is 24.9 Å². The van der Waals surface area contributed by atoms with Crippen molar-refractivity contribution < 1.29 is 24.5 Å². The van der Waals surface area contributed by atoms with Crippen molar-refractivity contribution in [3.63, 3.8) is 0 Å². The summed E-state index contributed by atoms with van der Waals surface area (Å²) in [5.74, 6) is -0.159. The van der Waals surface area contributed by atoms with E-state index >= 15 is 0 Å². The second-order valence-electron chi connectivity index (χ2n) is 13.1. The summed E-state index contributed by atoms with van der Waals surface area (Å²) in [7, 11) is 0. The third-order valence-corrected chi connectivity index (χ3v) is 11.1. The van der Waals surface area contributed by atoms with Gasteiger partial charge in [-0.25, -0.2) is 4.79 Å². The number of carbonyl (C=O) groups is 2. The van der Waals surface area contributed by atoms with Crippen molar-refractivity contribution in [2.45, 2.75) is 89.8 Å². The van der Waals surface area contributed by atoms with Crippen molar-refractivity contribution in [1.82, 2.24) is 4.90 Å². The van der Waals surface area contributed by atoms with Gasteiger partial charge in [-0.1, -0.05) is 67.1 Å². The zero-order valence-electron chi connectivity index (χ0n) is 26.8. The fourth-order valence-electron chi connectivity index (χ4n) is 7.41. The monoisotopic (exact) mass is 629 g/mol. The lowest BCUT2D eigenvalue weighted by atomic mass is 9.64. The molecule has 2 N–H and O–H groups in total. The van der Waals surface area contributed by atoms with E-state index in [0.717, 1.165) is 24.0 Å². The summed E-state index contributed by atoms with van der Waals surface area (Å²) in [5.41, 5.74) is 2.52. The molecule has 1 heterocycles. The van der Waals surface area contributed by atoms with E-state index in [1.54, 1.807) is 23.2 Å². The van der Waals surface area contributed by atoms with Crippen LogP contribution in [0.3, 0.4) is 0 Å². The van der Waals surface area contributed by atoms with E-state index < -0.39 is 23.2 Å². The lowest BCUT2D eigenvalue weighted by Crippen LogP contribution is -2.54. The van der Waals surface area contributed by atoms with Crippen molar-refractivity contribution >= 4 is 23.2 Å². The number of hydrogen-bond acceptors (Lipinski definition) is 6. The van der Waals surface area contributed by atoms with E-state index in [2.05, 4.69) is 32.1 Å². The Labute approximate surface area is 271 Å². The maximum absolute atomic E-state index is 14.1. The van der Waals surface area contributed by atoms with Gasteiger partial charge in [0.1, 0.15) is 0 Å². The van der Waals surface area contributed by atoms with E-state index in [1.807, 2.05) is 53.9 Å². The van der Waals surface area contributed by atoms with Crippen LogP contribution in [0.1, 0.15) is 97.1 Å². The maximum atomic E-state index is 14.1. The Morgan fingerprint density at radius 1 is 1.07 bits per heavy atom. The van der Waals surface area contributed by atoms with Crippen LogP contribution in [0.5, 0.6) is 0 Å². The first-order valence-corrected chi connectivity index (χ1v) is 17.2. The minimum Gasteiger partial charge on any atom is -0.450 e. The SMILES string of the molecule is CCOC(=O)N(CCc1cccs1)CC1(O)CCC2c3ccc(cc3C(=O)c3ccccc3)CC(O)CCC(C)=CCCC21C. The molecule has 240 valence electrons. The number of carbonyl (C=O) groups excluding carboxylic acids is 2. The molecule has 4 unspecified atom stereocenters. The molecule has 1 aromatic heterocycles. The number of allylic oxidation sites excluding steroid dienone is 2. The second kappa shape index (κ2) is 14.4. The molecule has 4 atom stereocenters. The molecule has 45 heavy (non-hydrogen) atoms. The normalized spacial score (nSPS) is 25.2. The molecule has 7 heteroatoms. The van der Waals surface area contributed by atoms with Crippen LogP contribution < -0.4 is 0 Å². The molecule has 3 aliphatic carbocycles. The number of ketones is 1. The lowest BCUT2D eigenvalue weighted by molar-refractivity contribution is -0.0807. The van der Waals surface area contributed by atoms with Crippen molar-refractivity contribution in [2.24, 2.45) is 5.41 Å². The standard InChI is InChI=1S/C38H47NO5S/c1-4-44-36(42)39(22-19-31-13-9-23-45-31)26-38(43)21-18-34-32-17-15-28(25-33(32)35(41)29-11-6-5-7-12-29)24-30(40)16-14-27(2)10-8-20-37(34,38)3/h5-7,9-13,15,17,23,25,30,34,40,43H,4,8,14,16,18-22,24,26H2,1-3H3. The molecule has 0 aliphatic heterocycles. The molecule has 0 saturated heterocycles. The molecular weight excluding hydrogens is 582 g/mol. The summed E-state index contributed by atoms with van der Waals surface area (Å²) < 4.78 is 5.48. The Morgan fingerprint density at radius 2 is 1.87 bits per heavy atom. The summed E-state index contributed by atoms with van der Waals surface area (Å²) in [5, 5.41) is 25.6. The van der Waals surface area contributed by atoms with Crippen LogP contribution in [0.4, 0.5) is 4.79 Å². The molecule has 0 radical (unpaired) electrons. The molecule has 0 spiro atoms. The van der Waals surface area contributed by atoms with Gasteiger partial charge in [-0.3, -0.25) is 4.79 Å². The minimum absolute atomic E-state index is 0.0494. The first-order valence-electron chi connectivity index (χ1n) is 16.4. The highest BCUT2D eigenvalue weighted by molar-refractivity contribution is 7.09. The van der Waals surface area contributed by atoms with Crippen molar-refractivity contribution in [3.8, 4) is 0 Å². The van der Waals surface area contributed by atoms with Crippen LogP contribution in [0.25, 0.3) is 0 Å². The number of thiophene rings is 1. The fraction of sp³-hybridized carbons (Fsp3) is 0.474. The van der Waals surface area contributed by atoms with E-state index in [9.17, 15) is 19.8 Å². The van der Waals surface area contributed by atoms with Gasteiger partial charge >= 0.3 is 6.09 Å². The molecule has 3 aliphatic rings. The van der Waals surface area contributed by atoms with Crippen molar-refractivity contribution in [3.05, 3.63) is 105 Å². The Morgan fingerprint density at radius 3 is 2.60 bits per heavy atom. The van der Waals surface area contributed by atoms with Gasteiger partial charge in [0.25, 0.3) is 0 Å². The number of fused-ring (bicyclic) bond motifs is 8. The van der Waals surface area contributed by atoms with Crippen molar-refractivity contribution in [1.29, 1.82) is 0 Å². The van der Waals surface area contributed by atoms with Gasteiger partial charge < -0.3 is 19.8 Å². The van der Waals surface area contributed by atoms with Crippen LogP contribution in [0.2, 0.25) is 0 Å². The summed E-state index contributed by atoms with van der Waals surface area (Å²) in [6.07, 6.45) is 6.58. The molecule has 2 aromatic carbocycles. The average molecular weight is 630 g/mol. The van der Waals surface area contributed by atoms with Crippen LogP contribution in [0, 0.1) is 5.41 Å². The van der Waals surface area contributed by atoms with Gasteiger partial charge in [0, 0.05) is 28.0 Å². The molecule has 2 bridgehead atoms. The molecule has 1 fully saturated rings. The molecular formula is C38H47NO5S. The summed E-state index contributed by atoms with van der Waals surface area (Å²) in [4.78, 5) is 30.2. The van der Waals surface area contributed by atoms with E-state index in [4.69, 9.17) is 4.74 Å². The lowest BCUT2D eigenvalue weighted by Gasteiger charge is -2.46. The summed E-state index contributed by atoms with van der Waals surface area (Å²) >= 11 is 1.66. The third kappa shape index (κ3) is 7.43. The van der Waals surface area contributed by atoms with Gasteiger partial charge in [0.2, 0.25) is 0 Å². The Bertz CT molecular complexity index is 1490. The Kier molecular flexibility index (Phi) is 10.6. The smallest absolute Gasteiger partial charge is 0.409 e. The second-order valence-corrected chi connectivity index (χ2v) is 14.1. The fourth-order valence-corrected chi connectivity index (χ4v) is 8.11. The molecule has 1 saturated carbocycles. The van der Waals surface area contributed by atoms with Crippen LogP contribution in [-0.4, -0.2) is 58.4 Å². The highest BCUT2D eigenvalue weighted by Crippen LogP contribution is 2.59. The topological polar surface area (TPSA) is 87.1 Å². The number of benzene rings is 2. The Hall–Kier alpha value is -3.26. The zero-order chi connectivity index (χ0) is 32.0. The predicted octanol–water partition coefficient (Wildman–Crippen LogP) is 7.72. The van der Waals surface area contributed by atoms with E-state index in [1.165, 1.54) is 10.5 Å². The number of amides is 1. The van der Waals surface area contributed by atoms with Gasteiger partial charge in [-0.15, -0.1) is 11.3 Å². The van der Waals surface area contributed by atoms with Crippen LogP contribution in [-0.2, 0) is 17.6 Å². The molecule has 1 amide bonds. The number of hydrogen-bond donors (Lipinski definition) is 2. The number of ether oxygens (including phenoxy) is 1. The zero-order valence-corrected chi connectivity index (χ0v) is 27.7. The average Bonchev–Trinajstić information content (AvgIpc) is 3.64. The molecule has 3 aromatic rings. The first kappa shape index (κ1) is 33.1. The van der Waals surface area contributed by atoms with Gasteiger partial charge in [-0.2, -0.15) is 0 Å². The first-order chi connectivity index (χ1) is 21.6. The number of rotatable bonds is 8. The highest BCUT2D eigenvalue weighted by atomic mass is 32.1. The van der Waals surface area contributed by atoms with Crippen LogP contribution in [0.15, 0.2) is 77.7 Å². The minimum atomic E-state index is -1.19. The molecule has 6 nitrogen and oxygen atoms in total. The number of aliphatic hydroxyl groups is 2. The quantitative estimate of drug-likeness (QED) is 0.197. The van der Waals surface area contributed by atoms with Crippen molar-refractivity contribution in [2.75, 3.05) is 19.7 Å². The highest BCUT2D eigenvalue weighted by Gasteiger charge is 2.57. The van der Waals surface area contributed by atoms with Gasteiger partial charge in [0.05, 0.1) is 24.9 Å². The van der Waals surface area contributed by atoms with Gasteiger partial charge in [0.15, 0.2) is 5.78 Å². The molecule has 6 rings (SSSR count). The largest absolute Gasteiger partial charge is 0.450 e. The summed E-state index contributed by atoms with van der Waals surface area (Å²) in [6, 6.07) is 19.5. The predicted molar refractivity (Wildman–Crippen MR) is 180 cm³/mol. The van der Waals surface area contributed by atoms with Crippen LogP contribution >= 0.6 is 11.3 Å². The Balaban J connectivity index is 1.56. The third-order valence-electron chi connectivity index (χ3n) is 10.1. The van der Waals surface area contributed by atoms with Gasteiger partial charge in [-0.05, 0) is 99.8 Å². The maximum Gasteiger partial charge on any atom is 0.409 e. The number of nitrogens with zero attached hydrogens (tertiary/aromatic N) is 1. The summed E-state index contributed by atoms with van der Waals surface area (Å²) in [6.45, 7) is 6.95. The van der Waals surface area contributed by atoms with E-state index in [0.29, 0.717) is 56.2 Å².